The zero-order chi connectivity index (χ0) is 22.7. The summed E-state index contributed by atoms with van der Waals surface area (Å²) in [6.45, 7) is 5.93. The van der Waals surface area contributed by atoms with E-state index in [1.165, 1.54) is 18.2 Å². The van der Waals surface area contributed by atoms with E-state index in [9.17, 15) is 14.9 Å². The van der Waals surface area contributed by atoms with Crippen LogP contribution in [0.1, 0.15) is 18.3 Å². The first-order valence-corrected chi connectivity index (χ1v) is 10.5. The van der Waals surface area contributed by atoms with Crippen molar-refractivity contribution in [3.63, 3.8) is 0 Å². The fourth-order valence-electron chi connectivity index (χ4n) is 2.92. The summed E-state index contributed by atoms with van der Waals surface area (Å²) >= 11 is 9.34. The lowest BCUT2D eigenvalue weighted by Crippen LogP contribution is -2.25. The predicted molar refractivity (Wildman–Crippen MR) is 122 cm³/mol. The second-order valence-electron chi connectivity index (χ2n) is 7.09. The topological polar surface area (TPSA) is 99.3 Å². The molecule has 1 heterocycles. The Kier molecular flexibility index (Phi) is 6.97. The number of ether oxygens (including phenoxy) is 1. The zero-order valence-electron chi connectivity index (χ0n) is 17.1. The molecular weight excluding hydrogens is 488 g/mol. The number of benzene rings is 2. The first-order valence-electron chi connectivity index (χ1n) is 9.37. The molecule has 8 nitrogen and oxygen atoms in total. The van der Waals surface area contributed by atoms with E-state index in [0.717, 1.165) is 15.9 Å². The fraction of sp³-hybridized carbons (Fsp3) is 0.238. The van der Waals surface area contributed by atoms with Gasteiger partial charge in [0.05, 0.1) is 39.3 Å². The van der Waals surface area contributed by atoms with Gasteiger partial charge in [0.2, 0.25) is 5.91 Å². The van der Waals surface area contributed by atoms with Gasteiger partial charge in [-0.2, -0.15) is 5.10 Å². The Hall–Kier alpha value is -2.91. The number of nitrogens with one attached hydrogen (secondary N) is 1. The van der Waals surface area contributed by atoms with E-state index in [-0.39, 0.29) is 23.0 Å². The van der Waals surface area contributed by atoms with Crippen LogP contribution in [0.4, 0.5) is 11.4 Å². The van der Waals surface area contributed by atoms with Crippen LogP contribution in [0.2, 0.25) is 5.02 Å². The quantitative estimate of drug-likeness (QED) is 0.317. The number of rotatable bonds is 7. The number of halogens is 2. The van der Waals surface area contributed by atoms with E-state index in [0.29, 0.717) is 17.3 Å². The van der Waals surface area contributed by atoms with Crippen LogP contribution in [0, 0.1) is 29.9 Å². The SMILES string of the molecule is Cc1nn(CC(C)C(=O)Nc2cc(Oc3ccc(Cl)cc3)cc([N+](=O)[O-])c2)c(C)c1Br. The van der Waals surface area contributed by atoms with Gasteiger partial charge in [-0.3, -0.25) is 19.6 Å². The van der Waals surface area contributed by atoms with Crippen LogP contribution in [-0.4, -0.2) is 20.6 Å². The molecule has 1 aromatic heterocycles. The van der Waals surface area contributed by atoms with Gasteiger partial charge in [0.25, 0.3) is 5.69 Å². The number of aryl methyl sites for hydroxylation is 1. The molecule has 1 N–H and O–H groups in total. The minimum absolute atomic E-state index is 0.197. The van der Waals surface area contributed by atoms with Crippen LogP contribution in [-0.2, 0) is 11.3 Å². The van der Waals surface area contributed by atoms with Crippen molar-refractivity contribution in [1.29, 1.82) is 0 Å². The number of nitro benzene ring substituents is 1. The van der Waals surface area contributed by atoms with E-state index in [2.05, 4.69) is 26.3 Å². The maximum absolute atomic E-state index is 12.7. The number of hydrogen-bond donors (Lipinski definition) is 1. The van der Waals surface area contributed by atoms with E-state index in [1.54, 1.807) is 35.9 Å². The largest absolute Gasteiger partial charge is 0.457 e. The van der Waals surface area contributed by atoms with Crippen LogP contribution in [0.15, 0.2) is 46.9 Å². The van der Waals surface area contributed by atoms with Crippen molar-refractivity contribution in [1.82, 2.24) is 9.78 Å². The number of hydrogen-bond acceptors (Lipinski definition) is 5. The molecule has 0 radical (unpaired) electrons. The maximum atomic E-state index is 12.7. The number of anilines is 1. The highest BCUT2D eigenvalue weighted by molar-refractivity contribution is 9.10. The van der Waals surface area contributed by atoms with Gasteiger partial charge in [-0.15, -0.1) is 0 Å². The van der Waals surface area contributed by atoms with E-state index >= 15 is 0 Å². The molecule has 0 aliphatic carbocycles. The van der Waals surface area contributed by atoms with Crippen LogP contribution in [0.25, 0.3) is 0 Å². The summed E-state index contributed by atoms with van der Waals surface area (Å²) in [5, 5.41) is 19.0. The van der Waals surface area contributed by atoms with Crippen molar-refractivity contribution in [3.05, 3.63) is 73.5 Å². The molecule has 31 heavy (non-hydrogen) atoms. The van der Waals surface area contributed by atoms with Gasteiger partial charge >= 0.3 is 0 Å². The van der Waals surface area contributed by atoms with E-state index < -0.39 is 10.8 Å². The first-order chi connectivity index (χ1) is 14.6. The normalized spacial score (nSPS) is 11.8. The molecular formula is C21H20BrClN4O4. The minimum atomic E-state index is -0.540. The molecule has 1 atom stereocenters. The van der Waals surface area contributed by atoms with E-state index in [4.69, 9.17) is 16.3 Å². The Labute approximate surface area is 192 Å². The molecule has 0 aliphatic heterocycles. The monoisotopic (exact) mass is 506 g/mol. The molecule has 1 amide bonds. The van der Waals surface area contributed by atoms with Crippen LogP contribution < -0.4 is 10.1 Å². The van der Waals surface area contributed by atoms with Gasteiger partial charge in [-0.05, 0) is 54.0 Å². The van der Waals surface area contributed by atoms with Crippen LogP contribution >= 0.6 is 27.5 Å². The van der Waals surface area contributed by atoms with Crippen molar-refractivity contribution >= 4 is 44.8 Å². The molecule has 1 unspecified atom stereocenters. The standard InChI is InChI=1S/C21H20BrClN4O4/c1-12(11-26-14(3)20(22)13(2)25-26)21(28)24-16-8-17(27(29)30)10-19(9-16)31-18-6-4-15(23)5-7-18/h4-10,12H,11H2,1-3H3,(H,24,28). The number of nitrogens with zero attached hydrogens (tertiary/aromatic N) is 3. The molecule has 2 aromatic carbocycles. The summed E-state index contributed by atoms with van der Waals surface area (Å²) < 4.78 is 8.36. The number of aromatic nitrogens is 2. The first kappa shape index (κ1) is 22.8. The molecule has 0 bridgehead atoms. The Morgan fingerprint density at radius 1 is 1.26 bits per heavy atom. The fourth-order valence-corrected chi connectivity index (χ4v) is 3.33. The third kappa shape index (κ3) is 5.62. The molecule has 0 aliphatic rings. The van der Waals surface area contributed by atoms with Gasteiger partial charge in [0, 0.05) is 22.8 Å². The molecule has 0 fully saturated rings. The van der Waals surface area contributed by atoms with Crippen molar-refractivity contribution < 1.29 is 14.5 Å². The predicted octanol–water partition coefficient (Wildman–Crippen LogP) is 5.89. The molecule has 0 spiro atoms. The second kappa shape index (κ2) is 9.49. The summed E-state index contributed by atoms with van der Waals surface area (Å²) in [5.41, 5.74) is 1.83. The Morgan fingerprint density at radius 2 is 1.94 bits per heavy atom. The Morgan fingerprint density at radius 3 is 2.52 bits per heavy atom. The summed E-state index contributed by atoms with van der Waals surface area (Å²) in [5.74, 6) is -0.0287. The van der Waals surface area contributed by atoms with Crippen molar-refractivity contribution in [2.45, 2.75) is 27.3 Å². The molecule has 162 valence electrons. The van der Waals surface area contributed by atoms with Gasteiger partial charge in [0.1, 0.15) is 11.5 Å². The molecule has 0 saturated carbocycles. The number of amides is 1. The highest BCUT2D eigenvalue weighted by Crippen LogP contribution is 2.30. The number of carbonyl (C=O) groups is 1. The lowest BCUT2D eigenvalue weighted by Gasteiger charge is -2.14. The third-order valence-electron chi connectivity index (χ3n) is 4.61. The molecule has 10 heteroatoms. The summed E-state index contributed by atoms with van der Waals surface area (Å²) in [6.07, 6.45) is 0. The van der Waals surface area contributed by atoms with Crippen molar-refractivity contribution in [3.8, 4) is 11.5 Å². The average molecular weight is 508 g/mol. The van der Waals surface area contributed by atoms with Gasteiger partial charge in [-0.25, -0.2) is 0 Å². The number of carbonyl (C=O) groups excluding carboxylic acids is 1. The van der Waals surface area contributed by atoms with Gasteiger partial charge in [-0.1, -0.05) is 18.5 Å². The van der Waals surface area contributed by atoms with Crippen LogP contribution in [0.5, 0.6) is 11.5 Å². The summed E-state index contributed by atoms with van der Waals surface area (Å²) in [6, 6.07) is 10.7. The van der Waals surface area contributed by atoms with Crippen LogP contribution in [0.3, 0.4) is 0 Å². The summed E-state index contributed by atoms with van der Waals surface area (Å²) in [4.78, 5) is 23.5. The highest BCUT2D eigenvalue weighted by Gasteiger charge is 2.19. The zero-order valence-corrected chi connectivity index (χ0v) is 19.4. The van der Waals surface area contributed by atoms with Crippen molar-refractivity contribution in [2.75, 3.05) is 5.32 Å². The average Bonchev–Trinajstić information content (AvgIpc) is 2.96. The molecule has 0 saturated heterocycles. The number of non-ortho nitro benzene ring substituents is 1. The number of nitro groups is 1. The lowest BCUT2D eigenvalue weighted by molar-refractivity contribution is -0.384. The third-order valence-corrected chi connectivity index (χ3v) is 6.01. The van der Waals surface area contributed by atoms with Gasteiger partial charge < -0.3 is 10.1 Å². The smallest absolute Gasteiger partial charge is 0.275 e. The molecule has 3 rings (SSSR count). The summed E-state index contributed by atoms with van der Waals surface area (Å²) in [7, 11) is 0. The Balaban J connectivity index is 1.78. The molecule has 3 aromatic rings. The Bertz CT molecular complexity index is 1130. The maximum Gasteiger partial charge on any atom is 0.275 e. The minimum Gasteiger partial charge on any atom is -0.457 e. The van der Waals surface area contributed by atoms with Gasteiger partial charge in [0.15, 0.2) is 0 Å². The van der Waals surface area contributed by atoms with Crippen molar-refractivity contribution in [2.24, 2.45) is 5.92 Å². The second-order valence-corrected chi connectivity index (χ2v) is 8.32. The highest BCUT2D eigenvalue weighted by atomic mass is 79.9. The lowest BCUT2D eigenvalue weighted by atomic mass is 10.1. The van der Waals surface area contributed by atoms with E-state index in [1.807, 2.05) is 13.8 Å².